The van der Waals surface area contributed by atoms with Crippen molar-refractivity contribution in [2.45, 2.75) is 19.3 Å². The van der Waals surface area contributed by atoms with Crippen LogP contribution < -0.4 is 0 Å². The van der Waals surface area contributed by atoms with Gasteiger partial charge in [0.05, 0.1) is 0 Å². The molecule has 1 atom stereocenters. The summed E-state index contributed by atoms with van der Waals surface area (Å²) >= 11 is 5.83. The molecule has 0 aromatic carbocycles. The molecule has 0 aromatic rings. The summed E-state index contributed by atoms with van der Waals surface area (Å²) in [6, 6.07) is 0. The van der Waals surface area contributed by atoms with Gasteiger partial charge in [0.2, 0.25) is 0 Å². The van der Waals surface area contributed by atoms with E-state index >= 15 is 0 Å². The lowest BCUT2D eigenvalue weighted by atomic mass is 9.75. The summed E-state index contributed by atoms with van der Waals surface area (Å²) in [6.07, 6.45) is 8.79. The Balaban J connectivity index is 2.06. The Morgan fingerprint density at radius 3 is 2.67 bits per heavy atom. The van der Waals surface area contributed by atoms with E-state index in [0.717, 1.165) is 5.92 Å². The van der Waals surface area contributed by atoms with Gasteiger partial charge in [-0.05, 0) is 42.1 Å². The highest BCUT2D eigenvalue weighted by Crippen LogP contribution is 2.47. The van der Waals surface area contributed by atoms with Gasteiger partial charge >= 0.3 is 0 Å². The van der Waals surface area contributed by atoms with E-state index in [1.54, 1.807) is 0 Å². The number of rotatable bonds is 2. The monoisotopic (exact) mass is 246 g/mol. The summed E-state index contributed by atoms with van der Waals surface area (Å²) in [6.45, 7) is 0. The first kappa shape index (κ1) is 9.14. The molecule has 0 spiro atoms. The molecule has 1 fully saturated rings. The average Bonchev–Trinajstić information content (AvgIpc) is 2.76. The molecule has 0 aromatic heterocycles. The summed E-state index contributed by atoms with van der Waals surface area (Å²) in [5, 5.41) is 1.19. The highest BCUT2D eigenvalue weighted by molar-refractivity contribution is 9.09. The Morgan fingerprint density at radius 1 is 1.42 bits per heavy atom. The van der Waals surface area contributed by atoms with Gasteiger partial charge in [0.25, 0.3) is 0 Å². The van der Waals surface area contributed by atoms with E-state index in [1.165, 1.54) is 36.1 Å². The molecule has 2 aliphatic rings. The van der Waals surface area contributed by atoms with Gasteiger partial charge in [-0.1, -0.05) is 28.1 Å². The van der Waals surface area contributed by atoms with Crippen molar-refractivity contribution in [1.29, 1.82) is 0 Å². The van der Waals surface area contributed by atoms with Gasteiger partial charge in [-0.2, -0.15) is 11.8 Å². The highest BCUT2D eigenvalue weighted by Gasteiger charge is 2.39. The van der Waals surface area contributed by atoms with Crippen LogP contribution in [-0.2, 0) is 0 Å². The number of thioether (sulfide) groups is 1. The van der Waals surface area contributed by atoms with Crippen molar-refractivity contribution < 1.29 is 0 Å². The predicted octanol–water partition coefficient (Wildman–Crippen LogP) is 3.47. The first-order chi connectivity index (χ1) is 5.87. The van der Waals surface area contributed by atoms with Crippen LogP contribution in [0.2, 0.25) is 0 Å². The zero-order chi connectivity index (χ0) is 8.44. The third kappa shape index (κ3) is 1.48. The van der Waals surface area contributed by atoms with Crippen molar-refractivity contribution in [1.82, 2.24) is 0 Å². The summed E-state index contributed by atoms with van der Waals surface area (Å²) in [4.78, 5) is 0. The fraction of sp³-hybridized carbons (Fsp3) is 0.800. The van der Waals surface area contributed by atoms with Crippen molar-refractivity contribution in [3.05, 3.63) is 12.2 Å². The van der Waals surface area contributed by atoms with Crippen molar-refractivity contribution in [3.8, 4) is 0 Å². The van der Waals surface area contributed by atoms with Crippen LogP contribution in [0.5, 0.6) is 0 Å². The van der Waals surface area contributed by atoms with Gasteiger partial charge in [0, 0.05) is 5.33 Å². The first-order valence-corrected chi connectivity index (χ1v) is 6.94. The lowest BCUT2D eigenvalue weighted by molar-refractivity contribution is 0.235. The molecule has 0 N–H and O–H groups in total. The van der Waals surface area contributed by atoms with E-state index in [2.05, 4.69) is 39.8 Å². The second kappa shape index (κ2) is 3.75. The molecule has 0 amide bonds. The Labute approximate surface area is 87.3 Å². The molecule has 0 nitrogen and oxygen atoms in total. The van der Waals surface area contributed by atoms with Crippen LogP contribution in [0.15, 0.2) is 12.2 Å². The normalized spacial score (nSPS) is 32.9. The molecule has 0 saturated carbocycles. The lowest BCUT2D eigenvalue weighted by Gasteiger charge is -2.33. The highest BCUT2D eigenvalue weighted by atomic mass is 79.9. The molecular weight excluding hydrogens is 232 g/mol. The second-order valence-corrected chi connectivity index (χ2v) is 5.65. The molecule has 2 heteroatoms. The molecule has 1 aliphatic carbocycles. The zero-order valence-electron chi connectivity index (χ0n) is 7.26. The standard InChI is InChI=1S/C10H15BrS/c11-8-10(4-1-2-5-10)9-3-6-12-7-9/h1-2,9H,3-8H2. The summed E-state index contributed by atoms with van der Waals surface area (Å²) < 4.78 is 0. The van der Waals surface area contributed by atoms with Gasteiger partial charge in [-0.25, -0.2) is 0 Å². The van der Waals surface area contributed by atoms with Gasteiger partial charge in [-0.15, -0.1) is 0 Å². The molecule has 1 aliphatic heterocycles. The van der Waals surface area contributed by atoms with E-state index in [1.807, 2.05) is 0 Å². The average molecular weight is 247 g/mol. The van der Waals surface area contributed by atoms with Crippen LogP contribution in [0.4, 0.5) is 0 Å². The molecule has 1 heterocycles. The van der Waals surface area contributed by atoms with E-state index in [9.17, 15) is 0 Å². The van der Waals surface area contributed by atoms with Crippen molar-refractivity contribution in [3.63, 3.8) is 0 Å². The Morgan fingerprint density at radius 2 is 2.17 bits per heavy atom. The fourth-order valence-electron chi connectivity index (χ4n) is 2.29. The minimum Gasteiger partial charge on any atom is -0.162 e. The maximum Gasteiger partial charge on any atom is 0.00968 e. The SMILES string of the molecule is BrCC1(C2CCSC2)CC=CC1. The number of hydrogen-bond acceptors (Lipinski definition) is 1. The minimum absolute atomic E-state index is 0.601. The number of allylic oxidation sites excluding steroid dienone is 2. The van der Waals surface area contributed by atoms with Crippen LogP contribution in [0.25, 0.3) is 0 Å². The molecule has 0 bridgehead atoms. The Hall–Kier alpha value is 0.570. The second-order valence-electron chi connectivity index (χ2n) is 3.94. The van der Waals surface area contributed by atoms with Crippen molar-refractivity contribution in [2.24, 2.45) is 11.3 Å². The van der Waals surface area contributed by atoms with Gasteiger partial charge < -0.3 is 0 Å². The zero-order valence-corrected chi connectivity index (χ0v) is 9.66. The molecule has 1 unspecified atom stereocenters. The molecular formula is C10H15BrS. The van der Waals surface area contributed by atoms with E-state index < -0.39 is 0 Å². The Bertz CT molecular complexity index is 174. The lowest BCUT2D eigenvalue weighted by Crippen LogP contribution is -2.29. The van der Waals surface area contributed by atoms with Crippen molar-refractivity contribution in [2.75, 3.05) is 16.8 Å². The molecule has 0 radical (unpaired) electrons. The number of alkyl halides is 1. The van der Waals surface area contributed by atoms with E-state index in [-0.39, 0.29) is 0 Å². The van der Waals surface area contributed by atoms with Crippen LogP contribution in [-0.4, -0.2) is 16.8 Å². The summed E-state index contributed by atoms with van der Waals surface area (Å²) in [7, 11) is 0. The predicted molar refractivity (Wildman–Crippen MR) is 60.0 cm³/mol. The summed E-state index contributed by atoms with van der Waals surface area (Å²) in [5.41, 5.74) is 0.601. The molecule has 68 valence electrons. The topological polar surface area (TPSA) is 0 Å². The number of halogens is 1. The quantitative estimate of drug-likeness (QED) is 0.532. The minimum atomic E-state index is 0.601. The smallest absolute Gasteiger partial charge is 0.00968 e. The Kier molecular flexibility index (Phi) is 2.85. The van der Waals surface area contributed by atoms with Gasteiger partial charge in [0.1, 0.15) is 0 Å². The molecule has 1 saturated heterocycles. The molecule has 2 rings (SSSR count). The van der Waals surface area contributed by atoms with Crippen LogP contribution in [0, 0.1) is 11.3 Å². The van der Waals surface area contributed by atoms with Crippen LogP contribution in [0.1, 0.15) is 19.3 Å². The number of hydrogen-bond donors (Lipinski definition) is 0. The third-order valence-electron chi connectivity index (χ3n) is 3.28. The van der Waals surface area contributed by atoms with Crippen molar-refractivity contribution >= 4 is 27.7 Å². The molecule has 12 heavy (non-hydrogen) atoms. The van der Waals surface area contributed by atoms with Crippen LogP contribution in [0.3, 0.4) is 0 Å². The maximum atomic E-state index is 3.69. The summed E-state index contributed by atoms with van der Waals surface area (Å²) in [5.74, 6) is 3.75. The maximum absolute atomic E-state index is 3.69. The third-order valence-corrected chi connectivity index (χ3v) is 5.56. The van der Waals surface area contributed by atoms with E-state index in [0.29, 0.717) is 5.41 Å². The first-order valence-electron chi connectivity index (χ1n) is 4.66. The van der Waals surface area contributed by atoms with Gasteiger partial charge in [0.15, 0.2) is 0 Å². The van der Waals surface area contributed by atoms with Gasteiger partial charge in [-0.3, -0.25) is 0 Å². The fourth-order valence-corrected chi connectivity index (χ4v) is 4.63. The van der Waals surface area contributed by atoms with E-state index in [4.69, 9.17) is 0 Å². The largest absolute Gasteiger partial charge is 0.162 e. The van der Waals surface area contributed by atoms with Crippen LogP contribution >= 0.6 is 27.7 Å².